The Morgan fingerprint density at radius 3 is 2.12 bits per heavy atom. The maximum absolute atomic E-state index is 13.6. The molecule has 0 spiro atoms. The number of aryl methyl sites for hydroxylation is 3. The van der Waals surface area contributed by atoms with Crippen molar-refractivity contribution in [1.29, 1.82) is 0 Å². The molecule has 0 saturated carbocycles. The van der Waals surface area contributed by atoms with E-state index in [1.807, 2.05) is 78.9 Å². The number of likely N-dealkylation sites (tertiary alicyclic amines) is 1. The van der Waals surface area contributed by atoms with Crippen molar-refractivity contribution in [3.8, 4) is 28.1 Å². The lowest BCUT2D eigenvalue weighted by molar-refractivity contribution is 0.0467. The van der Waals surface area contributed by atoms with Crippen molar-refractivity contribution in [2.45, 2.75) is 80.1 Å². The summed E-state index contributed by atoms with van der Waals surface area (Å²) in [7, 11) is 0. The zero-order valence-corrected chi connectivity index (χ0v) is 30.3. The van der Waals surface area contributed by atoms with Crippen molar-refractivity contribution in [3.05, 3.63) is 142 Å². The van der Waals surface area contributed by atoms with Gasteiger partial charge < -0.3 is 9.47 Å². The van der Waals surface area contributed by atoms with E-state index >= 15 is 0 Å². The van der Waals surface area contributed by atoms with E-state index in [1.54, 1.807) is 0 Å². The van der Waals surface area contributed by atoms with Crippen LogP contribution in [0.1, 0.15) is 84.4 Å². The zero-order valence-electron chi connectivity index (χ0n) is 30.3. The quantitative estimate of drug-likeness (QED) is 0.124. The Bertz CT molecular complexity index is 1890. The lowest BCUT2D eigenvalue weighted by Gasteiger charge is -2.38. The molecule has 0 N–H and O–H groups in total. The molecule has 50 heavy (non-hydrogen) atoms. The van der Waals surface area contributed by atoms with Crippen LogP contribution in [0.2, 0.25) is 0 Å². The molecule has 0 amide bonds. The van der Waals surface area contributed by atoms with Gasteiger partial charge in [-0.2, -0.15) is 0 Å². The van der Waals surface area contributed by atoms with Crippen molar-refractivity contribution in [2.24, 2.45) is 5.41 Å². The summed E-state index contributed by atoms with van der Waals surface area (Å²) in [6, 6.07) is 34.6. The van der Waals surface area contributed by atoms with E-state index in [4.69, 9.17) is 14.5 Å². The Balaban J connectivity index is 1.45. The summed E-state index contributed by atoms with van der Waals surface area (Å²) in [5, 5.41) is 0. The first-order valence-corrected chi connectivity index (χ1v) is 18.1. The molecule has 1 aliphatic heterocycles. The number of esters is 1. The van der Waals surface area contributed by atoms with E-state index in [0.29, 0.717) is 17.9 Å². The predicted octanol–water partition coefficient (Wildman–Crippen LogP) is 10.4. The molecule has 0 bridgehead atoms. The molecule has 5 aromatic rings. The highest BCUT2D eigenvalue weighted by atomic mass is 16.5. The summed E-state index contributed by atoms with van der Waals surface area (Å²) in [5.41, 5.74) is 11.9. The number of benzene rings is 4. The van der Waals surface area contributed by atoms with Gasteiger partial charge in [-0.1, -0.05) is 113 Å². The van der Waals surface area contributed by atoms with Gasteiger partial charge in [0.25, 0.3) is 0 Å². The van der Waals surface area contributed by atoms with E-state index in [2.05, 4.69) is 63.8 Å². The molecule has 0 radical (unpaired) electrons. The zero-order chi connectivity index (χ0) is 35.1. The molecule has 1 aliphatic rings. The maximum atomic E-state index is 13.6. The summed E-state index contributed by atoms with van der Waals surface area (Å²) >= 11 is 0. The third-order valence-corrected chi connectivity index (χ3v) is 9.91. The molecule has 1 fully saturated rings. The first-order valence-electron chi connectivity index (χ1n) is 18.1. The second kappa shape index (κ2) is 15.9. The number of nitrogens with zero attached hydrogens (tertiary/aromatic N) is 2. The smallest absolute Gasteiger partial charge is 0.342 e. The van der Waals surface area contributed by atoms with Crippen LogP contribution in [0, 0.1) is 12.3 Å². The molecule has 258 valence electrons. The van der Waals surface area contributed by atoms with Gasteiger partial charge in [-0.15, -0.1) is 0 Å². The molecule has 4 aromatic carbocycles. The van der Waals surface area contributed by atoms with Crippen molar-refractivity contribution in [3.63, 3.8) is 0 Å². The molecule has 0 atom stereocenters. The van der Waals surface area contributed by atoms with Crippen LogP contribution >= 0.6 is 0 Å². The van der Waals surface area contributed by atoms with Crippen LogP contribution in [0.4, 0.5) is 0 Å². The minimum absolute atomic E-state index is 0.194. The van der Waals surface area contributed by atoms with Crippen molar-refractivity contribution >= 4 is 5.97 Å². The van der Waals surface area contributed by atoms with Gasteiger partial charge in [-0.05, 0) is 102 Å². The SMILES string of the molecule is CCc1cccc(CC)c1-c1cc(-c2ccc(C(=O)OCc3ccccc3)c(OCc3ccccc3)c2)c(CN2CCCC(C)(C)C2)c(C)n1. The Morgan fingerprint density at radius 1 is 0.820 bits per heavy atom. The van der Waals surface area contributed by atoms with Crippen LogP contribution in [0.25, 0.3) is 22.4 Å². The van der Waals surface area contributed by atoms with Gasteiger partial charge in [-0.25, -0.2) is 4.79 Å². The van der Waals surface area contributed by atoms with Gasteiger partial charge in [0.1, 0.15) is 24.5 Å². The van der Waals surface area contributed by atoms with Gasteiger partial charge in [0, 0.05) is 24.3 Å². The maximum Gasteiger partial charge on any atom is 0.342 e. The number of rotatable bonds is 12. The second-order valence-corrected chi connectivity index (χ2v) is 14.3. The number of carbonyl (C=O) groups excluding carboxylic acids is 1. The van der Waals surface area contributed by atoms with E-state index in [-0.39, 0.29) is 12.0 Å². The monoisotopic (exact) mass is 666 g/mol. The number of carbonyl (C=O) groups is 1. The normalized spacial score (nSPS) is 14.3. The number of pyridine rings is 1. The fourth-order valence-electron chi connectivity index (χ4n) is 7.27. The van der Waals surface area contributed by atoms with Crippen LogP contribution in [0.3, 0.4) is 0 Å². The minimum atomic E-state index is -0.407. The Morgan fingerprint density at radius 2 is 1.48 bits per heavy atom. The topological polar surface area (TPSA) is 51.7 Å². The van der Waals surface area contributed by atoms with Gasteiger partial charge in [0.15, 0.2) is 0 Å². The average molecular weight is 667 g/mol. The summed E-state index contributed by atoms with van der Waals surface area (Å²) < 4.78 is 12.3. The first kappa shape index (κ1) is 35.1. The molecule has 1 saturated heterocycles. The van der Waals surface area contributed by atoms with Crippen LogP contribution in [0.15, 0.2) is 103 Å². The Hall–Kier alpha value is -4.74. The van der Waals surface area contributed by atoms with Crippen molar-refractivity contribution in [1.82, 2.24) is 9.88 Å². The fraction of sp³-hybridized carbons (Fsp3) is 0.333. The minimum Gasteiger partial charge on any atom is -0.488 e. The molecule has 6 rings (SSSR count). The Kier molecular flexibility index (Phi) is 11.1. The molecular weight excluding hydrogens is 617 g/mol. The van der Waals surface area contributed by atoms with Crippen LogP contribution in [-0.4, -0.2) is 28.9 Å². The number of hydrogen-bond donors (Lipinski definition) is 0. The molecular formula is C45H50N2O3. The highest BCUT2D eigenvalue weighted by Crippen LogP contribution is 2.38. The van der Waals surface area contributed by atoms with Crippen LogP contribution in [-0.2, 0) is 37.3 Å². The largest absolute Gasteiger partial charge is 0.488 e. The van der Waals surface area contributed by atoms with Gasteiger partial charge in [0.2, 0.25) is 0 Å². The Labute approximate surface area is 298 Å². The van der Waals surface area contributed by atoms with Gasteiger partial charge >= 0.3 is 5.97 Å². The number of ether oxygens (including phenoxy) is 2. The van der Waals surface area contributed by atoms with Crippen LogP contribution in [0.5, 0.6) is 5.75 Å². The third kappa shape index (κ3) is 8.34. The second-order valence-electron chi connectivity index (χ2n) is 14.3. The van der Waals surface area contributed by atoms with Crippen molar-refractivity contribution < 1.29 is 14.3 Å². The summed E-state index contributed by atoms with van der Waals surface area (Å²) in [4.78, 5) is 21.5. The van der Waals surface area contributed by atoms with E-state index < -0.39 is 5.97 Å². The number of piperidine rings is 1. The molecule has 5 heteroatoms. The lowest BCUT2D eigenvalue weighted by atomic mass is 9.83. The summed E-state index contributed by atoms with van der Waals surface area (Å²) in [5.74, 6) is 0.101. The summed E-state index contributed by atoms with van der Waals surface area (Å²) in [6.45, 7) is 14.8. The average Bonchev–Trinajstić information content (AvgIpc) is 3.13. The highest BCUT2D eigenvalue weighted by molar-refractivity contribution is 5.94. The molecule has 5 nitrogen and oxygen atoms in total. The fourth-order valence-corrected chi connectivity index (χ4v) is 7.27. The van der Waals surface area contributed by atoms with E-state index in [1.165, 1.54) is 35.1 Å². The number of aromatic nitrogens is 1. The number of hydrogen-bond acceptors (Lipinski definition) is 5. The molecule has 0 aliphatic carbocycles. The highest BCUT2D eigenvalue weighted by Gasteiger charge is 2.28. The molecule has 0 unspecified atom stereocenters. The van der Waals surface area contributed by atoms with Crippen molar-refractivity contribution in [2.75, 3.05) is 13.1 Å². The van der Waals surface area contributed by atoms with E-state index in [9.17, 15) is 4.79 Å². The standard InChI is InChI=1S/C45H50N2O3/c1-6-35-20-14-21-36(7-2)43(35)41-27-39(40(32(3)46-41)28-47-25-15-24-45(4,5)31-47)37-22-23-38(44(48)50-30-34-18-12-9-13-19-34)42(26-37)49-29-33-16-10-8-11-17-33/h8-14,16-23,26-27H,6-7,15,24-25,28-31H2,1-5H3. The lowest BCUT2D eigenvalue weighted by Crippen LogP contribution is -2.39. The molecule has 1 aromatic heterocycles. The first-order chi connectivity index (χ1) is 24.2. The molecule has 2 heterocycles. The third-order valence-electron chi connectivity index (χ3n) is 9.91. The predicted molar refractivity (Wildman–Crippen MR) is 203 cm³/mol. The van der Waals surface area contributed by atoms with Gasteiger partial charge in [0.05, 0.1) is 5.69 Å². The van der Waals surface area contributed by atoms with Crippen LogP contribution < -0.4 is 4.74 Å². The summed E-state index contributed by atoms with van der Waals surface area (Å²) in [6.07, 6.45) is 4.29. The van der Waals surface area contributed by atoms with E-state index in [0.717, 1.165) is 66.1 Å². The van der Waals surface area contributed by atoms with Gasteiger partial charge in [-0.3, -0.25) is 9.88 Å².